The van der Waals surface area contributed by atoms with Gasteiger partial charge in [-0.3, -0.25) is 10.1 Å². The van der Waals surface area contributed by atoms with Crippen LogP contribution in [0.4, 0.5) is 4.79 Å². The Morgan fingerprint density at radius 1 is 1.60 bits per heavy atom. The Morgan fingerprint density at radius 3 is 2.87 bits per heavy atom. The zero-order valence-corrected chi connectivity index (χ0v) is 9.14. The Bertz CT molecular complexity index is 337. The molecule has 0 saturated heterocycles. The highest BCUT2D eigenvalue weighted by molar-refractivity contribution is 7.09. The summed E-state index contributed by atoms with van der Waals surface area (Å²) in [6.45, 7) is 2.27. The largest absolute Gasteiger partial charge is 0.351 e. The van der Waals surface area contributed by atoms with Crippen molar-refractivity contribution in [1.82, 2.24) is 10.6 Å². The van der Waals surface area contributed by atoms with Gasteiger partial charge in [0.2, 0.25) is 5.91 Å². The van der Waals surface area contributed by atoms with E-state index in [4.69, 9.17) is 5.73 Å². The van der Waals surface area contributed by atoms with Gasteiger partial charge in [0.1, 0.15) is 0 Å². The molecular formula is C9H13N3O2S. The van der Waals surface area contributed by atoms with E-state index in [1.165, 1.54) is 0 Å². The monoisotopic (exact) mass is 227 g/mol. The Kier molecular flexibility index (Phi) is 4.26. The van der Waals surface area contributed by atoms with Gasteiger partial charge in [-0.1, -0.05) is 6.07 Å². The Hall–Kier alpha value is -1.40. The van der Waals surface area contributed by atoms with Gasteiger partial charge in [-0.2, -0.15) is 0 Å². The summed E-state index contributed by atoms with van der Waals surface area (Å²) in [4.78, 5) is 22.8. The quantitative estimate of drug-likeness (QED) is 0.697. The number of urea groups is 1. The fraction of sp³-hybridized carbons (Fsp3) is 0.333. The molecule has 0 saturated carbocycles. The second-order valence-corrected chi connectivity index (χ2v) is 4.07. The molecule has 4 N–H and O–H groups in total. The van der Waals surface area contributed by atoms with Crippen LogP contribution in [0.1, 0.15) is 11.8 Å². The molecule has 1 unspecified atom stereocenters. The van der Waals surface area contributed by atoms with E-state index in [-0.39, 0.29) is 0 Å². The van der Waals surface area contributed by atoms with Gasteiger partial charge in [0.15, 0.2) is 0 Å². The number of imide groups is 1. The summed E-state index contributed by atoms with van der Waals surface area (Å²) in [5.41, 5.74) is 4.83. The number of nitrogens with two attached hydrogens (primary N) is 1. The summed E-state index contributed by atoms with van der Waals surface area (Å²) in [5.74, 6) is -0.418. The first kappa shape index (κ1) is 11.7. The first-order valence-electron chi connectivity index (χ1n) is 4.45. The van der Waals surface area contributed by atoms with Crippen molar-refractivity contribution in [2.24, 2.45) is 5.73 Å². The molecule has 0 radical (unpaired) electrons. The SMILES string of the molecule is CC(NCc1cccs1)C(=O)NC(N)=O. The van der Waals surface area contributed by atoms with E-state index in [0.717, 1.165) is 4.88 Å². The lowest BCUT2D eigenvalue weighted by Gasteiger charge is -2.11. The average Bonchev–Trinajstić information content (AvgIpc) is 2.65. The van der Waals surface area contributed by atoms with Crippen LogP contribution in [0, 0.1) is 0 Å². The van der Waals surface area contributed by atoms with Gasteiger partial charge in [0.25, 0.3) is 0 Å². The third-order valence-corrected chi connectivity index (χ3v) is 2.68. The third kappa shape index (κ3) is 4.09. The van der Waals surface area contributed by atoms with E-state index in [1.807, 2.05) is 22.8 Å². The highest BCUT2D eigenvalue weighted by atomic mass is 32.1. The fourth-order valence-electron chi connectivity index (χ4n) is 0.989. The number of primary amides is 1. The number of nitrogens with one attached hydrogen (secondary N) is 2. The first-order valence-corrected chi connectivity index (χ1v) is 5.33. The predicted molar refractivity (Wildman–Crippen MR) is 58.3 cm³/mol. The number of thiophene rings is 1. The molecule has 5 nitrogen and oxygen atoms in total. The van der Waals surface area contributed by atoms with Crippen LogP contribution in [0.15, 0.2) is 17.5 Å². The molecule has 0 aliphatic rings. The van der Waals surface area contributed by atoms with E-state index in [2.05, 4.69) is 5.32 Å². The lowest BCUT2D eigenvalue weighted by atomic mass is 10.3. The van der Waals surface area contributed by atoms with Gasteiger partial charge in [-0.25, -0.2) is 4.79 Å². The van der Waals surface area contributed by atoms with Crippen LogP contribution in [-0.2, 0) is 11.3 Å². The van der Waals surface area contributed by atoms with Crippen molar-refractivity contribution < 1.29 is 9.59 Å². The minimum absolute atomic E-state index is 0.418. The highest BCUT2D eigenvalue weighted by Crippen LogP contribution is 2.07. The molecule has 0 aliphatic heterocycles. The number of amides is 3. The number of hydrogen-bond acceptors (Lipinski definition) is 4. The summed E-state index contributed by atoms with van der Waals surface area (Å²) < 4.78 is 0. The van der Waals surface area contributed by atoms with Gasteiger partial charge >= 0.3 is 6.03 Å². The number of rotatable bonds is 4. The maximum atomic E-state index is 11.2. The third-order valence-electron chi connectivity index (χ3n) is 1.80. The zero-order chi connectivity index (χ0) is 11.3. The summed E-state index contributed by atoms with van der Waals surface area (Å²) in [5, 5.41) is 6.96. The molecule has 0 aliphatic carbocycles. The smallest absolute Gasteiger partial charge is 0.318 e. The molecule has 1 atom stereocenters. The Balaban J connectivity index is 2.32. The molecule has 1 heterocycles. The maximum absolute atomic E-state index is 11.2. The van der Waals surface area contributed by atoms with Gasteiger partial charge in [-0.05, 0) is 18.4 Å². The van der Waals surface area contributed by atoms with Crippen LogP contribution >= 0.6 is 11.3 Å². The molecule has 0 fully saturated rings. The van der Waals surface area contributed by atoms with Crippen LogP contribution in [0.5, 0.6) is 0 Å². The topological polar surface area (TPSA) is 84.2 Å². The molecule has 1 aromatic heterocycles. The van der Waals surface area contributed by atoms with Crippen molar-refractivity contribution >= 4 is 23.3 Å². The molecule has 1 rings (SSSR count). The van der Waals surface area contributed by atoms with E-state index in [0.29, 0.717) is 6.54 Å². The normalized spacial score (nSPS) is 12.1. The van der Waals surface area contributed by atoms with E-state index in [9.17, 15) is 9.59 Å². The van der Waals surface area contributed by atoms with Crippen LogP contribution in [0.2, 0.25) is 0 Å². The number of hydrogen-bond donors (Lipinski definition) is 3. The predicted octanol–water partition coefficient (Wildman–Crippen LogP) is 0.421. The highest BCUT2D eigenvalue weighted by Gasteiger charge is 2.13. The average molecular weight is 227 g/mol. The summed E-state index contributed by atoms with van der Waals surface area (Å²) in [6.07, 6.45) is 0. The summed E-state index contributed by atoms with van der Waals surface area (Å²) >= 11 is 1.60. The number of carbonyl (C=O) groups excluding carboxylic acids is 2. The summed E-state index contributed by atoms with van der Waals surface area (Å²) in [6, 6.07) is 2.64. The lowest BCUT2D eigenvalue weighted by Crippen LogP contribution is -2.46. The van der Waals surface area contributed by atoms with E-state index < -0.39 is 18.0 Å². The maximum Gasteiger partial charge on any atom is 0.318 e. The minimum Gasteiger partial charge on any atom is -0.351 e. The molecule has 0 aromatic carbocycles. The van der Waals surface area contributed by atoms with Crippen molar-refractivity contribution in [3.63, 3.8) is 0 Å². The van der Waals surface area contributed by atoms with Crippen molar-refractivity contribution in [2.45, 2.75) is 19.5 Å². The second-order valence-electron chi connectivity index (χ2n) is 3.04. The standard InChI is InChI=1S/C9H13N3O2S/c1-6(8(13)12-9(10)14)11-5-7-3-2-4-15-7/h2-4,6,11H,5H2,1H3,(H3,10,12,13,14). The van der Waals surface area contributed by atoms with Crippen LogP contribution in [-0.4, -0.2) is 18.0 Å². The van der Waals surface area contributed by atoms with Crippen molar-refractivity contribution in [1.29, 1.82) is 0 Å². The fourth-order valence-corrected chi connectivity index (χ4v) is 1.64. The van der Waals surface area contributed by atoms with Crippen molar-refractivity contribution in [2.75, 3.05) is 0 Å². The van der Waals surface area contributed by atoms with Gasteiger partial charge in [-0.15, -0.1) is 11.3 Å². The van der Waals surface area contributed by atoms with Crippen LogP contribution in [0.25, 0.3) is 0 Å². The van der Waals surface area contributed by atoms with Crippen LogP contribution in [0.3, 0.4) is 0 Å². The van der Waals surface area contributed by atoms with Gasteiger partial charge in [0.05, 0.1) is 6.04 Å². The molecule has 6 heteroatoms. The minimum atomic E-state index is -0.829. The molecule has 0 spiro atoms. The van der Waals surface area contributed by atoms with E-state index in [1.54, 1.807) is 18.3 Å². The van der Waals surface area contributed by atoms with Gasteiger partial charge < -0.3 is 11.1 Å². The molecule has 15 heavy (non-hydrogen) atoms. The van der Waals surface area contributed by atoms with Gasteiger partial charge in [0, 0.05) is 11.4 Å². The van der Waals surface area contributed by atoms with Crippen molar-refractivity contribution in [3.05, 3.63) is 22.4 Å². The molecule has 0 bridgehead atoms. The summed E-state index contributed by atoms with van der Waals surface area (Å²) in [7, 11) is 0. The molecule has 1 aromatic rings. The first-order chi connectivity index (χ1) is 7.09. The molecule has 3 amide bonds. The number of carbonyl (C=O) groups is 2. The second kappa shape index (κ2) is 5.47. The Morgan fingerprint density at radius 2 is 2.33 bits per heavy atom. The molecule has 82 valence electrons. The zero-order valence-electron chi connectivity index (χ0n) is 8.32. The Labute approximate surface area is 91.7 Å². The van der Waals surface area contributed by atoms with E-state index >= 15 is 0 Å². The lowest BCUT2D eigenvalue weighted by molar-refractivity contribution is -0.121. The molecular weight excluding hydrogens is 214 g/mol. The van der Waals surface area contributed by atoms with Crippen LogP contribution < -0.4 is 16.4 Å². The van der Waals surface area contributed by atoms with Crippen molar-refractivity contribution in [3.8, 4) is 0 Å².